The molecule has 0 aromatic heterocycles. The first-order valence-electron chi connectivity index (χ1n) is 9.88. The first-order chi connectivity index (χ1) is 14.8. The molecule has 2 aromatic rings. The number of carboxylic acids is 1. The number of aliphatic carboxylic acids is 1. The highest BCUT2D eigenvalue weighted by Gasteiger charge is 2.35. The minimum absolute atomic E-state index is 0.0402. The van der Waals surface area contributed by atoms with Crippen LogP contribution in [0.15, 0.2) is 65.7 Å². The van der Waals surface area contributed by atoms with Gasteiger partial charge < -0.3 is 26.6 Å². The lowest BCUT2D eigenvalue weighted by Gasteiger charge is -2.26. The molecule has 0 bridgehead atoms. The molecule has 0 spiro atoms. The molecule has 0 aliphatic heterocycles. The van der Waals surface area contributed by atoms with Crippen molar-refractivity contribution in [3.63, 3.8) is 0 Å². The van der Waals surface area contributed by atoms with E-state index >= 15 is 0 Å². The lowest BCUT2D eigenvalue weighted by Crippen LogP contribution is -2.62. The minimum Gasteiger partial charge on any atom is -0.478 e. The SMILES string of the molecule is NC(N)=NCCCC(N)(NC(=O)COCC(c1ccccc1)c1ccccc1)C(=O)O. The molecule has 9 heteroatoms. The van der Waals surface area contributed by atoms with Gasteiger partial charge in [-0.05, 0) is 24.0 Å². The Bertz CT molecular complexity index is 832. The number of ether oxygens (including phenoxy) is 1. The molecular formula is C22H29N5O4. The van der Waals surface area contributed by atoms with Crippen LogP contribution in [0.4, 0.5) is 0 Å². The lowest BCUT2D eigenvalue weighted by molar-refractivity contribution is -0.148. The van der Waals surface area contributed by atoms with Crippen molar-refractivity contribution in [2.75, 3.05) is 19.8 Å². The first kappa shape index (κ1) is 23.8. The van der Waals surface area contributed by atoms with Crippen molar-refractivity contribution < 1.29 is 19.4 Å². The maximum atomic E-state index is 12.3. The summed E-state index contributed by atoms with van der Waals surface area (Å²) in [5.41, 5.74) is 16.5. The van der Waals surface area contributed by atoms with Crippen molar-refractivity contribution in [3.05, 3.63) is 71.8 Å². The van der Waals surface area contributed by atoms with Gasteiger partial charge in [-0.15, -0.1) is 0 Å². The van der Waals surface area contributed by atoms with Crippen molar-refractivity contribution in [1.82, 2.24) is 5.32 Å². The van der Waals surface area contributed by atoms with Gasteiger partial charge in [-0.2, -0.15) is 0 Å². The first-order valence-corrected chi connectivity index (χ1v) is 9.88. The monoisotopic (exact) mass is 427 g/mol. The van der Waals surface area contributed by atoms with E-state index in [1.807, 2.05) is 60.7 Å². The number of carbonyl (C=O) groups excluding carboxylic acids is 1. The highest BCUT2D eigenvalue weighted by Crippen LogP contribution is 2.24. The Labute approximate surface area is 181 Å². The third-order valence-electron chi connectivity index (χ3n) is 4.69. The van der Waals surface area contributed by atoms with E-state index in [-0.39, 0.29) is 44.5 Å². The van der Waals surface area contributed by atoms with Gasteiger partial charge in [0.15, 0.2) is 11.6 Å². The van der Waals surface area contributed by atoms with Crippen LogP contribution >= 0.6 is 0 Å². The molecule has 1 unspecified atom stereocenters. The summed E-state index contributed by atoms with van der Waals surface area (Å²) in [4.78, 5) is 27.7. The second-order valence-corrected chi connectivity index (χ2v) is 7.12. The van der Waals surface area contributed by atoms with Gasteiger partial charge in [0.05, 0.1) is 6.61 Å². The van der Waals surface area contributed by atoms with E-state index in [0.29, 0.717) is 0 Å². The van der Waals surface area contributed by atoms with Gasteiger partial charge in [0.1, 0.15) is 6.61 Å². The summed E-state index contributed by atoms with van der Waals surface area (Å²) in [6.45, 7) is 0.129. The molecule has 0 fully saturated rings. The minimum atomic E-state index is -1.93. The van der Waals surface area contributed by atoms with Crippen molar-refractivity contribution >= 4 is 17.8 Å². The number of rotatable bonds is 12. The number of nitrogens with two attached hydrogens (primary N) is 3. The van der Waals surface area contributed by atoms with Crippen molar-refractivity contribution in [3.8, 4) is 0 Å². The van der Waals surface area contributed by atoms with E-state index < -0.39 is 17.5 Å². The predicted molar refractivity (Wildman–Crippen MR) is 118 cm³/mol. The van der Waals surface area contributed by atoms with E-state index in [2.05, 4.69) is 10.3 Å². The number of nitrogens with zero attached hydrogens (tertiary/aromatic N) is 1. The Morgan fingerprint density at radius 1 is 1.03 bits per heavy atom. The Morgan fingerprint density at radius 3 is 2.06 bits per heavy atom. The fraction of sp³-hybridized carbons (Fsp3) is 0.318. The molecule has 0 radical (unpaired) electrons. The van der Waals surface area contributed by atoms with E-state index in [4.69, 9.17) is 21.9 Å². The second kappa shape index (κ2) is 11.7. The number of carboxylic acid groups (broad SMARTS) is 1. The zero-order valence-electron chi connectivity index (χ0n) is 17.2. The summed E-state index contributed by atoms with van der Waals surface area (Å²) in [6, 6.07) is 19.6. The van der Waals surface area contributed by atoms with Crippen LogP contribution in [-0.2, 0) is 14.3 Å². The second-order valence-electron chi connectivity index (χ2n) is 7.12. The van der Waals surface area contributed by atoms with Crippen LogP contribution < -0.4 is 22.5 Å². The number of guanidine groups is 1. The molecule has 0 saturated carbocycles. The number of hydrogen-bond donors (Lipinski definition) is 5. The largest absolute Gasteiger partial charge is 0.478 e. The smallest absolute Gasteiger partial charge is 0.344 e. The fourth-order valence-electron chi connectivity index (χ4n) is 3.10. The van der Waals surface area contributed by atoms with Gasteiger partial charge in [0.25, 0.3) is 0 Å². The van der Waals surface area contributed by atoms with Crippen LogP contribution in [0.5, 0.6) is 0 Å². The summed E-state index contributed by atoms with van der Waals surface area (Å²) in [5.74, 6) is -2.14. The Hall–Kier alpha value is -3.43. The highest BCUT2D eigenvalue weighted by molar-refractivity contribution is 5.87. The molecule has 31 heavy (non-hydrogen) atoms. The molecule has 166 valence electrons. The average molecular weight is 428 g/mol. The van der Waals surface area contributed by atoms with E-state index in [1.165, 1.54) is 0 Å². The zero-order valence-corrected chi connectivity index (χ0v) is 17.2. The Balaban J connectivity index is 1.94. The van der Waals surface area contributed by atoms with Crippen LogP contribution in [0.25, 0.3) is 0 Å². The summed E-state index contributed by atoms with van der Waals surface area (Å²) >= 11 is 0. The highest BCUT2D eigenvalue weighted by atomic mass is 16.5. The number of carbonyl (C=O) groups is 2. The van der Waals surface area contributed by atoms with Crippen molar-refractivity contribution in [1.29, 1.82) is 0 Å². The topological polar surface area (TPSA) is 166 Å². The third-order valence-corrected chi connectivity index (χ3v) is 4.69. The molecule has 1 atom stereocenters. The Morgan fingerprint density at radius 2 is 1.58 bits per heavy atom. The quantitative estimate of drug-likeness (QED) is 0.144. The van der Waals surface area contributed by atoms with Crippen LogP contribution in [0.3, 0.4) is 0 Å². The van der Waals surface area contributed by atoms with Crippen molar-refractivity contribution in [2.45, 2.75) is 24.4 Å². The standard InChI is InChI=1S/C22H29N5O4/c23-21(24)26-13-7-12-22(25,20(29)30)27-19(28)15-31-14-18(16-8-3-1-4-9-16)17-10-5-2-6-11-17/h1-6,8-11,18H,7,12-15,25H2,(H,27,28)(H,29,30)(H4,23,24,26). The van der Waals surface area contributed by atoms with E-state index in [9.17, 15) is 14.7 Å². The summed E-state index contributed by atoms with van der Waals surface area (Å²) in [6.07, 6.45) is 0.243. The van der Waals surface area contributed by atoms with Gasteiger partial charge in [0, 0.05) is 12.5 Å². The summed E-state index contributed by atoms with van der Waals surface area (Å²) in [5, 5.41) is 11.8. The van der Waals surface area contributed by atoms with Crippen LogP contribution in [0.1, 0.15) is 29.9 Å². The van der Waals surface area contributed by atoms with Gasteiger partial charge in [-0.3, -0.25) is 15.5 Å². The molecular weight excluding hydrogens is 398 g/mol. The molecule has 8 N–H and O–H groups in total. The lowest BCUT2D eigenvalue weighted by atomic mass is 9.92. The molecule has 1 amide bonds. The van der Waals surface area contributed by atoms with E-state index in [0.717, 1.165) is 11.1 Å². The van der Waals surface area contributed by atoms with E-state index in [1.54, 1.807) is 0 Å². The maximum Gasteiger partial charge on any atom is 0.344 e. The molecule has 0 aliphatic rings. The molecule has 2 rings (SSSR count). The van der Waals surface area contributed by atoms with Crippen LogP contribution in [0, 0.1) is 0 Å². The molecule has 0 aliphatic carbocycles. The van der Waals surface area contributed by atoms with Gasteiger partial charge >= 0.3 is 5.97 Å². The number of nitrogens with one attached hydrogen (secondary N) is 1. The van der Waals surface area contributed by atoms with Crippen LogP contribution in [-0.4, -0.2) is 48.4 Å². The number of amides is 1. The zero-order chi connectivity index (χ0) is 22.7. The summed E-state index contributed by atoms with van der Waals surface area (Å²) < 4.78 is 5.63. The molecule has 2 aromatic carbocycles. The van der Waals surface area contributed by atoms with Gasteiger partial charge in [-0.25, -0.2) is 4.79 Å². The molecule has 0 heterocycles. The predicted octanol–water partition coefficient (Wildman–Crippen LogP) is 0.745. The normalized spacial score (nSPS) is 12.7. The maximum absolute atomic E-state index is 12.3. The number of hydrogen-bond acceptors (Lipinski definition) is 5. The molecule has 0 saturated heterocycles. The van der Waals surface area contributed by atoms with Gasteiger partial charge in [0.2, 0.25) is 5.91 Å². The molecule has 9 nitrogen and oxygen atoms in total. The van der Waals surface area contributed by atoms with Crippen LogP contribution in [0.2, 0.25) is 0 Å². The van der Waals surface area contributed by atoms with Gasteiger partial charge in [-0.1, -0.05) is 60.7 Å². The van der Waals surface area contributed by atoms with Crippen molar-refractivity contribution in [2.24, 2.45) is 22.2 Å². The third kappa shape index (κ3) is 7.72. The summed E-state index contributed by atoms with van der Waals surface area (Å²) in [7, 11) is 0. The number of benzene rings is 2. The average Bonchev–Trinajstić information content (AvgIpc) is 2.75. The fourth-order valence-corrected chi connectivity index (χ4v) is 3.10. The number of aliphatic imine (C=N–C) groups is 1. The Kier molecular flexibility index (Phi) is 8.98.